The van der Waals surface area contributed by atoms with Gasteiger partial charge in [0.25, 0.3) is 5.91 Å². The number of phenols is 1. The van der Waals surface area contributed by atoms with Crippen LogP contribution < -0.4 is 5.73 Å². The van der Waals surface area contributed by atoms with Gasteiger partial charge in [-0.3, -0.25) is 24.3 Å². The predicted molar refractivity (Wildman–Crippen MR) is 143 cm³/mol. The highest BCUT2D eigenvalue weighted by molar-refractivity contribution is 6.28. The fourth-order valence-corrected chi connectivity index (χ4v) is 6.60. The Labute approximate surface area is 226 Å². The van der Waals surface area contributed by atoms with Gasteiger partial charge >= 0.3 is 0 Å². The Hall–Kier alpha value is -4.02. The Morgan fingerprint density at radius 3 is 2.41 bits per heavy atom. The summed E-state index contributed by atoms with van der Waals surface area (Å²) in [7, 11) is 7.10. The third-order valence-electron chi connectivity index (χ3n) is 8.07. The molecule has 2 aromatic rings. The molecule has 1 aromatic carbocycles. The molecule has 5 rings (SSSR count). The van der Waals surface area contributed by atoms with E-state index in [1.54, 1.807) is 31.3 Å². The van der Waals surface area contributed by atoms with Crippen molar-refractivity contribution in [2.24, 2.45) is 23.5 Å². The molecule has 5 N–H and O–H groups in total. The smallest absolute Gasteiger partial charge is 0.255 e. The van der Waals surface area contributed by atoms with Crippen molar-refractivity contribution in [3.8, 4) is 17.0 Å². The molecule has 1 heterocycles. The quantitative estimate of drug-likeness (QED) is 0.334. The molecule has 0 bridgehead atoms. The van der Waals surface area contributed by atoms with Gasteiger partial charge in [0, 0.05) is 29.4 Å². The summed E-state index contributed by atoms with van der Waals surface area (Å²) in [6, 6.07) is 6.58. The molecule has 3 aliphatic carbocycles. The largest absolute Gasteiger partial charge is 0.510 e. The first-order valence-electron chi connectivity index (χ1n) is 12.8. The van der Waals surface area contributed by atoms with Gasteiger partial charge in [0.15, 0.2) is 11.6 Å². The van der Waals surface area contributed by atoms with Gasteiger partial charge in [0.05, 0.1) is 23.2 Å². The third kappa shape index (κ3) is 4.11. The Bertz CT molecular complexity index is 1460. The van der Waals surface area contributed by atoms with Crippen molar-refractivity contribution >= 4 is 23.2 Å². The first kappa shape index (κ1) is 26.6. The summed E-state index contributed by atoms with van der Waals surface area (Å²) in [4.78, 5) is 47.5. The lowest BCUT2D eigenvalue weighted by Crippen LogP contribution is -2.55. The molecule has 0 spiro atoms. The van der Waals surface area contributed by atoms with Crippen molar-refractivity contribution < 1.29 is 29.7 Å². The predicted octanol–water partition coefficient (Wildman–Crippen LogP) is 1.97. The molecule has 10 heteroatoms. The van der Waals surface area contributed by atoms with Gasteiger partial charge in [0.1, 0.15) is 22.8 Å². The number of pyridine rings is 1. The maximum absolute atomic E-state index is 14.0. The van der Waals surface area contributed by atoms with Crippen molar-refractivity contribution in [3.05, 3.63) is 64.1 Å². The van der Waals surface area contributed by atoms with E-state index >= 15 is 0 Å². The number of aromatic hydroxyl groups is 1. The fraction of sp³-hybridized carbons (Fsp3) is 0.379. The minimum atomic E-state index is -1.28. The molecule has 1 saturated carbocycles. The van der Waals surface area contributed by atoms with Crippen LogP contribution in [0.5, 0.6) is 5.75 Å². The second-order valence-electron chi connectivity index (χ2n) is 11.0. The van der Waals surface area contributed by atoms with Crippen LogP contribution in [0.25, 0.3) is 17.0 Å². The van der Waals surface area contributed by atoms with E-state index in [4.69, 9.17) is 5.73 Å². The van der Waals surface area contributed by atoms with Gasteiger partial charge in [-0.1, -0.05) is 6.07 Å². The number of amides is 1. The lowest BCUT2D eigenvalue weighted by Gasteiger charge is -2.46. The topological polar surface area (TPSA) is 157 Å². The number of hydrogen-bond acceptors (Lipinski definition) is 9. The van der Waals surface area contributed by atoms with Crippen LogP contribution in [0.2, 0.25) is 0 Å². The van der Waals surface area contributed by atoms with E-state index in [1.165, 1.54) is 0 Å². The highest BCUT2D eigenvalue weighted by Crippen LogP contribution is 2.52. The van der Waals surface area contributed by atoms with Crippen LogP contribution in [0.3, 0.4) is 0 Å². The number of ketones is 2. The first-order valence-corrected chi connectivity index (χ1v) is 12.8. The number of nitrogens with zero attached hydrogens (tertiary/aromatic N) is 3. The van der Waals surface area contributed by atoms with E-state index in [-0.39, 0.29) is 22.6 Å². The van der Waals surface area contributed by atoms with Gasteiger partial charge in [0.2, 0.25) is 0 Å². The highest BCUT2D eigenvalue weighted by atomic mass is 16.3. The summed E-state index contributed by atoms with van der Waals surface area (Å²) < 4.78 is 0. The second-order valence-corrected chi connectivity index (χ2v) is 11.0. The van der Waals surface area contributed by atoms with Gasteiger partial charge in [-0.2, -0.15) is 0 Å². The van der Waals surface area contributed by atoms with E-state index in [0.717, 1.165) is 5.56 Å². The minimum absolute atomic E-state index is 0.0593. The number of carbonyl (C=O) groups excluding carboxylic acids is 3. The number of aliphatic hydroxyl groups excluding tert-OH is 2. The minimum Gasteiger partial charge on any atom is -0.510 e. The fourth-order valence-electron chi connectivity index (χ4n) is 6.60. The van der Waals surface area contributed by atoms with Crippen LogP contribution in [-0.4, -0.2) is 81.8 Å². The Kier molecular flexibility index (Phi) is 6.56. The zero-order valence-corrected chi connectivity index (χ0v) is 22.3. The summed E-state index contributed by atoms with van der Waals surface area (Å²) >= 11 is 0. The molecule has 0 saturated heterocycles. The van der Waals surface area contributed by atoms with Crippen LogP contribution in [0.4, 0.5) is 0 Å². The molecule has 204 valence electrons. The normalized spacial score (nSPS) is 24.7. The van der Waals surface area contributed by atoms with Crippen molar-refractivity contribution in [1.29, 1.82) is 0 Å². The molecule has 1 amide bonds. The summed E-state index contributed by atoms with van der Waals surface area (Å²) in [6.45, 7) is 0.374. The summed E-state index contributed by atoms with van der Waals surface area (Å²) in [5.41, 5.74) is 7.69. The van der Waals surface area contributed by atoms with Gasteiger partial charge < -0.3 is 26.0 Å². The lowest BCUT2D eigenvalue weighted by atomic mass is 9.59. The number of nitrogens with two attached hydrogens (primary N) is 1. The van der Waals surface area contributed by atoms with Crippen molar-refractivity contribution in [1.82, 2.24) is 14.8 Å². The molecule has 1 aromatic heterocycles. The Balaban J connectivity index is 1.72. The van der Waals surface area contributed by atoms with Crippen molar-refractivity contribution in [3.63, 3.8) is 0 Å². The summed E-state index contributed by atoms with van der Waals surface area (Å²) in [5.74, 6) is -5.88. The molecule has 0 radical (unpaired) electrons. The SMILES string of the molecule is CN(C)Cc1cc(-c2ccccn2)c2c(c1O)C(O)=C1C(=O)C3C(=O)C(C(N)=O)=C(O)[C@H](N(C)C)C3CC1C2. The van der Waals surface area contributed by atoms with E-state index in [0.29, 0.717) is 36.2 Å². The molecule has 4 atom stereocenters. The van der Waals surface area contributed by atoms with Crippen LogP contribution in [0.15, 0.2) is 47.4 Å². The molecular weight excluding hydrogens is 500 g/mol. The number of aromatic nitrogens is 1. The number of carbonyl (C=O) groups is 3. The number of primary amides is 1. The second kappa shape index (κ2) is 9.62. The zero-order chi connectivity index (χ0) is 28.3. The van der Waals surface area contributed by atoms with Crippen LogP contribution in [-0.2, 0) is 27.3 Å². The van der Waals surface area contributed by atoms with Crippen LogP contribution >= 0.6 is 0 Å². The van der Waals surface area contributed by atoms with E-state index in [2.05, 4.69) is 4.98 Å². The van der Waals surface area contributed by atoms with Gasteiger partial charge in [-0.15, -0.1) is 0 Å². The maximum atomic E-state index is 14.0. The Morgan fingerprint density at radius 1 is 1.10 bits per heavy atom. The van der Waals surface area contributed by atoms with Gasteiger partial charge in [-0.25, -0.2) is 0 Å². The molecule has 3 aliphatic rings. The first-order chi connectivity index (χ1) is 18.4. The standard InChI is InChI=1S/C29H32N4O6/c1-32(2)12-14-11-15(18-7-5-6-8-31-18)16-9-13-10-17-21(26(36)19(13)25(35)20(16)24(14)34)27(37)22(29(30)39)28(38)23(17)33(3)4/h5-8,11,13,17,21,23,34-35,38H,9-10,12H2,1-4H3,(H2,30,39)/t13?,17?,21?,23-/m1/s1. The molecule has 0 aliphatic heterocycles. The average Bonchev–Trinajstić information content (AvgIpc) is 2.85. The maximum Gasteiger partial charge on any atom is 0.255 e. The van der Waals surface area contributed by atoms with Crippen molar-refractivity contribution in [2.75, 3.05) is 28.2 Å². The van der Waals surface area contributed by atoms with Gasteiger partial charge in [-0.05, 0) is 76.6 Å². The number of aliphatic hydroxyl groups is 2. The molecule has 3 unspecified atom stereocenters. The average molecular weight is 533 g/mol. The molecule has 10 nitrogen and oxygen atoms in total. The number of rotatable bonds is 5. The number of allylic oxidation sites excluding steroid dienone is 1. The number of fused-ring (bicyclic) bond motifs is 3. The van der Waals surface area contributed by atoms with E-state index in [1.807, 2.05) is 37.2 Å². The van der Waals surface area contributed by atoms with Crippen molar-refractivity contribution in [2.45, 2.75) is 25.4 Å². The van der Waals surface area contributed by atoms with E-state index in [9.17, 15) is 29.7 Å². The summed E-state index contributed by atoms with van der Waals surface area (Å²) in [6.07, 6.45) is 2.27. The third-order valence-corrected chi connectivity index (χ3v) is 8.07. The monoisotopic (exact) mass is 532 g/mol. The zero-order valence-electron chi connectivity index (χ0n) is 22.3. The lowest BCUT2D eigenvalue weighted by molar-refractivity contribution is -0.136. The number of likely N-dealkylation sites (N-methyl/N-ethyl adjacent to an activating group) is 1. The van der Waals surface area contributed by atoms with Crippen LogP contribution in [0.1, 0.15) is 23.1 Å². The number of hydrogen-bond donors (Lipinski definition) is 4. The summed E-state index contributed by atoms with van der Waals surface area (Å²) in [5, 5.41) is 33.8. The number of benzene rings is 1. The van der Waals surface area contributed by atoms with Crippen LogP contribution in [0, 0.1) is 17.8 Å². The Morgan fingerprint density at radius 2 is 1.82 bits per heavy atom. The number of phenolic OH excluding ortho intramolecular Hbond substituents is 1. The molecular formula is C29H32N4O6. The van der Waals surface area contributed by atoms with E-state index < -0.39 is 52.6 Å². The highest BCUT2D eigenvalue weighted by Gasteiger charge is 2.55. The molecule has 39 heavy (non-hydrogen) atoms. The molecule has 1 fully saturated rings. The number of Topliss-reactive ketones (excluding diaryl/α,β-unsaturated/α-hetero) is 2.